The molecule has 9 heteroatoms. The maximum absolute atomic E-state index is 13.2. The molecule has 2 aromatic carbocycles. The second kappa shape index (κ2) is 8.90. The van der Waals surface area contributed by atoms with Crippen molar-refractivity contribution in [2.24, 2.45) is 4.99 Å². The Morgan fingerprint density at radius 2 is 1.97 bits per heavy atom. The van der Waals surface area contributed by atoms with Crippen LogP contribution in [0.3, 0.4) is 0 Å². The van der Waals surface area contributed by atoms with E-state index < -0.39 is 22.0 Å². The van der Waals surface area contributed by atoms with Crippen LogP contribution in [0.2, 0.25) is 0 Å². The van der Waals surface area contributed by atoms with Crippen LogP contribution in [0.5, 0.6) is 0 Å². The van der Waals surface area contributed by atoms with Gasteiger partial charge in [-0.1, -0.05) is 29.0 Å². The van der Waals surface area contributed by atoms with Gasteiger partial charge < -0.3 is 4.57 Å². The van der Waals surface area contributed by atoms with Crippen molar-refractivity contribution < 1.29 is 13.2 Å². The fraction of sp³-hybridized carbons (Fsp3) is 0.364. The van der Waals surface area contributed by atoms with E-state index in [1.807, 2.05) is 30.7 Å². The summed E-state index contributed by atoms with van der Waals surface area (Å²) in [6.45, 7) is 4.94. The Hall–Kier alpha value is -1.94. The molecule has 3 aromatic rings. The molecule has 0 saturated carbocycles. The van der Waals surface area contributed by atoms with Crippen molar-refractivity contribution in [3.63, 3.8) is 0 Å². The molecule has 0 aliphatic carbocycles. The van der Waals surface area contributed by atoms with Gasteiger partial charge in [-0.15, -0.1) is 11.8 Å². The number of hydrogen-bond donors (Lipinski definition) is 0. The van der Waals surface area contributed by atoms with Crippen molar-refractivity contribution in [2.75, 3.05) is 12.8 Å². The van der Waals surface area contributed by atoms with E-state index in [0.717, 1.165) is 20.7 Å². The molecule has 6 nitrogen and oxygen atoms in total. The number of thioether (sulfide) groups is 1. The molecule has 31 heavy (non-hydrogen) atoms. The van der Waals surface area contributed by atoms with E-state index in [-0.39, 0.29) is 4.90 Å². The van der Waals surface area contributed by atoms with Gasteiger partial charge >= 0.3 is 0 Å². The number of carbonyl (C=O) groups is 1. The number of sulfonamides is 1. The predicted molar refractivity (Wildman–Crippen MR) is 126 cm³/mol. The van der Waals surface area contributed by atoms with Crippen LogP contribution in [-0.2, 0) is 21.4 Å². The fourth-order valence-corrected chi connectivity index (χ4v) is 7.16. The number of carbonyl (C=O) groups excluding carboxylic acids is 1. The zero-order valence-electron chi connectivity index (χ0n) is 17.7. The van der Waals surface area contributed by atoms with E-state index in [1.54, 1.807) is 36.0 Å². The second-order valence-corrected chi connectivity index (χ2v) is 11.3. The monoisotopic (exact) mass is 475 g/mol. The minimum atomic E-state index is -3.74. The lowest BCUT2D eigenvalue weighted by molar-refractivity contribution is -0.121. The lowest BCUT2D eigenvalue weighted by Gasteiger charge is -2.21. The lowest BCUT2D eigenvalue weighted by Crippen LogP contribution is -2.40. The normalized spacial score (nSPS) is 18.2. The zero-order valence-corrected chi connectivity index (χ0v) is 20.2. The summed E-state index contributed by atoms with van der Waals surface area (Å²) < 4.78 is 30.7. The van der Waals surface area contributed by atoms with Crippen molar-refractivity contribution in [3.8, 4) is 0 Å². The minimum Gasteiger partial charge on any atom is -0.317 e. The van der Waals surface area contributed by atoms with Gasteiger partial charge in [-0.3, -0.25) is 4.79 Å². The van der Waals surface area contributed by atoms with Gasteiger partial charge in [0.05, 0.1) is 15.1 Å². The van der Waals surface area contributed by atoms with Crippen molar-refractivity contribution in [1.29, 1.82) is 0 Å². The highest BCUT2D eigenvalue weighted by Gasteiger charge is 2.39. The molecule has 1 fully saturated rings. The van der Waals surface area contributed by atoms with Gasteiger partial charge in [0.15, 0.2) is 4.80 Å². The van der Waals surface area contributed by atoms with Gasteiger partial charge in [0.2, 0.25) is 10.0 Å². The quantitative estimate of drug-likeness (QED) is 0.522. The highest BCUT2D eigenvalue weighted by atomic mass is 32.2. The van der Waals surface area contributed by atoms with Crippen LogP contribution in [0.4, 0.5) is 0 Å². The Morgan fingerprint density at radius 3 is 2.65 bits per heavy atom. The van der Waals surface area contributed by atoms with Crippen LogP contribution >= 0.6 is 23.1 Å². The van der Waals surface area contributed by atoms with Crippen molar-refractivity contribution in [2.45, 2.75) is 49.1 Å². The molecule has 4 rings (SSSR count). The first kappa shape index (κ1) is 22.3. The first-order chi connectivity index (χ1) is 14.8. The topological polar surface area (TPSA) is 71.7 Å². The molecule has 1 aliphatic heterocycles. The van der Waals surface area contributed by atoms with E-state index in [1.165, 1.54) is 15.6 Å². The van der Waals surface area contributed by atoms with E-state index in [2.05, 4.69) is 17.1 Å². The molecule has 1 amide bonds. The molecule has 0 bridgehead atoms. The summed E-state index contributed by atoms with van der Waals surface area (Å²) in [4.78, 5) is 19.5. The number of thiazole rings is 1. The maximum Gasteiger partial charge on any atom is 0.266 e. The van der Waals surface area contributed by atoms with Crippen LogP contribution in [0.15, 0.2) is 57.2 Å². The molecule has 1 unspecified atom stereocenters. The number of rotatable bonds is 5. The Labute approximate surface area is 190 Å². The second-order valence-electron chi connectivity index (χ2n) is 7.50. The van der Waals surface area contributed by atoms with Crippen LogP contribution in [-0.4, -0.2) is 42.0 Å². The summed E-state index contributed by atoms with van der Waals surface area (Å²) >= 11 is 3.13. The third-order valence-electron chi connectivity index (χ3n) is 5.53. The summed E-state index contributed by atoms with van der Waals surface area (Å²) in [5.74, 6) is -0.396. The summed E-state index contributed by atoms with van der Waals surface area (Å²) in [7, 11) is -3.74. The largest absolute Gasteiger partial charge is 0.317 e. The van der Waals surface area contributed by atoms with Crippen molar-refractivity contribution in [3.05, 3.63) is 52.8 Å². The highest BCUT2D eigenvalue weighted by Crippen LogP contribution is 2.28. The number of nitrogens with zero attached hydrogens (tertiary/aromatic N) is 3. The third kappa shape index (κ3) is 4.24. The molecular weight excluding hydrogens is 450 g/mol. The van der Waals surface area contributed by atoms with Gasteiger partial charge in [-0.2, -0.15) is 9.30 Å². The van der Waals surface area contributed by atoms with Crippen LogP contribution in [0.25, 0.3) is 10.2 Å². The lowest BCUT2D eigenvalue weighted by atomic mass is 10.2. The Balaban J connectivity index is 1.70. The van der Waals surface area contributed by atoms with Gasteiger partial charge in [-0.25, -0.2) is 8.42 Å². The molecular formula is C22H25N3O3S3. The van der Waals surface area contributed by atoms with E-state index in [0.29, 0.717) is 30.7 Å². The third-order valence-corrected chi connectivity index (χ3v) is 9.22. The SMILES string of the molecule is CCn1c(=NC(=O)C2CCCN2S(=O)(=O)c2ccc(C)cc2)sc2cc(SC)ccc21. The number of benzene rings is 2. The van der Waals surface area contributed by atoms with E-state index in [4.69, 9.17) is 0 Å². The molecule has 1 aromatic heterocycles. The standard InChI is InChI=1S/C22H25N3O3S3/c1-4-24-18-12-9-16(29-3)14-20(18)30-22(24)23-21(26)19-6-5-13-25(19)31(27,28)17-10-7-15(2)8-11-17/h7-12,14,19H,4-6,13H2,1-3H3. The molecule has 0 spiro atoms. The van der Waals surface area contributed by atoms with Gasteiger partial charge in [0.1, 0.15) is 6.04 Å². The van der Waals surface area contributed by atoms with Gasteiger partial charge in [-0.05, 0) is 63.3 Å². The number of aryl methyl sites for hydroxylation is 2. The van der Waals surface area contributed by atoms with Crippen molar-refractivity contribution >= 4 is 49.2 Å². The molecule has 1 atom stereocenters. The molecule has 0 radical (unpaired) electrons. The Kier molecular flexibility index (Phi) is 6.39. The van der Waals surface area contributed by atoms with Crippen LogP contribution in [0, 0.1) is 6.92 Å². The summed E-state index contributed by atoms with van der Waals surface area (Å²) in [5, 5.41) is 0. The first-order valence-corrected chi connectivity index (χ1v) is 13.7. The summed E-state index contributed by atoms with van der Waals surface area (Å²) in [5.41, 5.74) is 2.02. The zero-order chi connectivity index (χ0) is 22.2. The Morgan fingerprint density at radius 1 is 1.23 bits per heavy atom. The van der Waals surface area contributed by atoms with E-state index in [9.17, 15) is 13.2 Å². The van der Waals surface area contributed by atoms with E-state index >= 15 is 0 Å². The Bertz CT molecular complexity index is 1290. The fourth-order valence-electron chi connectivity index (χ4n) is 3.86. The average Bonchev–Trinajstić information content (AvgIpc) is 3.38. The van der Waals surface area contributed by atoms with Crippen molar-refractivity contribution in [1.82, 2.24) is 8.87 Å². The van der Waals surface area contributed by atoms with Gasteiger partial charge in [0.25, 0.3) is 5.91 Å². The smallest absolute Gasteiger partial charge is 0.266 e. The molecule has 1 aliphatic rings. The van der Waals surface area contributed by atoms with Crippen LogP contribution in [0.1, 0.15) is 25.3 Å². The molecule has 0 N–H and O–H groups in total. The first-order valence-electron chi connectivity index (χ1n) is 10.2. The molecule has 1 saturated heterocycles. The minimum absolute atomic E-state index is 0.216. The number of aromatic nitrogens is 1. The van der Waals surface area contributed by atoms with Gasteiger partial charge in [0, 0.05) is 18.0 Å². The number of hydrogen-bond acceptors (Lipinski definition) is 5. The summed E-state index contributed by atoms with van der Waals surface area (Å²) in [6, 6.07) is 12.2. The van der Waals surface area contributed by atoms with Crippen LogP contribution < -0.4 is 4.80 Å². The predicted octanol–water partition coefficient (Wildman–Crippen LogP) is 4.03. The molecule has 164 valence electrons. The highest BCUT2D eigenvalue weighted by molar-refractivity contribution is 7.98. The average molecular weight is 476 g/mol. The molecule has 2 heterocycles. The maximum atomic E-state index is 13.2. The number of amides is 1. The number of fused-ring (bicyclic) bond motifs is 1. The summed E-state index contributed by atoms with van der Waals surface area (Å²) in [6.07, 6.45) is 3.16.